The summed E-state index contributed by atoms with van der Waals surface area (Å²) in [5.41, 5.74) is 6.77. The summed E-state index contributed by atoms with van der Waals surface area (Å²) in [6.45, 7) is 7.77. The van der Waals surface area contributed by atoms with Crippen molar-refractivity contribution in [3.05, 3.63) is 58.1 Å². The van der Waals surface area contributed by atoms with Crippen molar-refractivity contribution in [3.8, 4) is 11.5 Å². The van der Waals surface area contributed by atoms with E-state index in [-0.39, 0.29) is 6.61 Å². The first-order chi connectivity index (χ1) is 14.3. The van der Waals surface area contributed by atoms with E-state index < -0.39 is 17.9 Å². The number of nitrogens with one attached hydrogen (secondary N) is 2. The molecule has 0 heterocycles. The number of rotatable bonds is 9. The molecule has 0 aromatic heterocycles. The first kappa shape index (κ1) is 23.7. The molecule has 30 heavy (non-hydrogen) atoms. The fraction of sp³-hybridized carbons (Fsp3) is 0.391. The van der Waals surface area contributed by atoms with E-state index in [1.165, 1.54) is 0 Å². The molecule has 2 atom stereocenters. The van der Waals surface area contributed by atoms with Crippen LogP contribution in [0.25, 0.3) is 0 Å². The number of halogens is 1. The maximum absolute atomic E-state index is 12.5. The summed E-state index contributed by atoms with van der Waals surface area (Å²) in [7, 11) is 0. The van der Waals surface area contributed by atoms with E-state index in [1.54, 1.807) is 6.07 Å². The van der Waals surface area contributed by atoms with E-state index in [4.69, 9.17) is 9.47 Å². The summed E-state index contributed by atoms with van der Waals surface area (Å²) >= 11 is 3.38. The van der Waals surface area contributed by atoms with Gasteiger partial charge in [0.25, 0.3) is 11.8 Å². The Bertz CT molecular complexity index is 872. The van der Waals surface area contributed by atoms with Crippen molar-refractivity contribution in [2.45, 2.75) is 52.6 Å². The molecule has 2 aromatic carbocycles. The van der Waals surface area contributed by atoms with Crippen LogP contribution in [-0.2, 0) is 9.59 Å². The van der Waals surface area contributed by atoms with Crippen molar-refractivity contribution in [2.75, 3.05) is 6.61 Å². The zero-order valence-electron chi connectivity index (χ0n) is 17.8. The maximum Gasteiger partial charge on any atom is 0.279 e. The maximum atomic E-state index is 12.5. The van der Waals surface area contributed by atoms with E-state index in [0.29, 0.717) is 23.8 Å². The van der Waals surface area contributed by atoms with Crippen LogP contribution in [0.3, 0.4) is 0 Å². The molecule has 0 aliphatic heterocycles. The van der Waals surface area contributed by atoms with Crippen LogP contribution in [-0.4, -0.2) is 24.5 Å². The smallest absolute Gasteiger partial charge is 0.279 e. The molecule has 0 spiro atoms. The second-order valence-corrected chi connectivity index (χ2v) is 8.01. The van der Waals surface area contributed by atoms with Crippen molar-refractivity contribution < 1.29 is 19.1 Å². The summed E-state index contributed by atoms with van der Waals surface area (Å²) < 4.78 is 12.4. The molecule has 2 unspecified atom stereocenters. The van der Waals surface area contributed by atoms with Gasteiger partial charge in [-0.15, -0.1) is 0 Å². The molecular weight excluding hydrogens is 448 g/mol. The average Bonchev–Trinajstić information content (AvgIpc) is 2.74. The fourth-order valence-electron chi connectivity index (χ4n) is 2.86. The number of carbonyl (C=O) groups excluding carboxylic acids is 2. The van der Waals surface area contributed by atoms with Gasteiger partial charge in [-0.2, -0.15) is 0 Å². The molecule has 2 rings (SSSR count). The molecule has 0 saturated heterocycles. The molecule has 2 amide bonds. The van der Waals surface area contributed by atoms with Gasteiger partial charge < -0.3 is 9.47 Å². The number of hydrogen-bond acceptors (Lipinski definition) is 4. The minimum absolute atomic E-state index is 0.211. The lowest BCUT2D eigenvalue weighted by Gasteiger charge is -2.21. The van der Waals surface area contributed by atoms with Gasteiger partial charge in [0.1, 0.15) is 11.5 Å². The molecule has 0 bridgehead atoms. The van der Waals surface area contributed by atoms with Crippen LogP contribution in [0.2, 0.25) is 0 Å². The summed E-state index contributed by atoms with van der Waals surface area (Å²) in [5.74, 6) is 0.746. The van der Waals surface area contributed by atoms with Gasteiger partial charge in [0.15, 0.2) is 12.7 Å². The van der Waals surface area contributed by atoms with E-state index in [0.717, 1.165) is 22.0 Å². The van der Waals surface area contributed by atoms with Crippen LogP contribution in [0.15, 0.2) is 46.9 Å². The van der Waals surface area contributed by atoms with Crippen LogP contribution in [0, 0.1) is 6.92 Å². The van der Waals surface area contributed by atoms with Crippen molar-refractivity contribution in [2.24, 2.45) is 0 Å². The lowest BCUT2D eigenvalue weighted by molar-refractivity contribution is -0.134. The molecule has 0 saturated carbocycles. The standard InChI is InChI=1S/C23H29BrN2O4/c1-5-15(3)18-9-7-8-10-21(18)30-19(6-2)23(28)26-25-22(27)14-29-20-12-11-17(24)13-16(20)4/h7-13,15,19H,5-6,14H2,1-4H3,(H,25,27)(H,26,28). The number of hydrazine groups is 1. The summed E-state index contributed by atoms with van der Waals surface area (Å²) in [6, 6.07) is 13.2. The van der Waals surface area contributed by atoms with Gasteiger partial charge in [-0.25, -0.2) is 0 Å². The normalized spacial score (nSPS) is 12.6. The zero-order chi connectivity index (χ0) is 22.1. The Balaban J connectivity index is 1.89. The Hall–Kier alpha value is -2.54. The molecule has 0 aliphatic rings. The summed E-state index contributed by atoms with van der Waals surface area (Å²) in [5, 5.41) is 0. The highest BCUT2D eigenvalue weighted by molar-refractivity contribution is 9.10. The molecule has 0 aliphatic carbocycles. The average molecular weight is 477 g/mol. The van der Waals surface area contributed by atoms with Crippen molar-refractivity contribution in [1.82, 2.24) is 10.9 Å². The van der Waals surface area contributed by atoms with Gasteiger partial charge >= 0.3 is 0 Å². The van der Waals surface area contributed by atoms with Crippen molar-refractivity contribution >= 4 is 27.7 Å². The lowest BCUT2D eigenvalue weighted by Crippen LogP contribution is -2.49. The first-order valence-electron chi connectivity index (χ1n) is 10.1. The highest BCUT2D eigenvalue weighted by Gasteiger charge is 2.21. The third kappa shape index (κ3) is 6.76. The Kier molecular flexibility index (Phi) is 9.17. The van der Waals surface area contributed by atoms with Crippen LogP contribution >= 0.6 is 15.9 Å². The largest absolute Gasteiger partial charge is 0.483 e. The highest BCUT2D eigenvalue weighted by Crippen LogP contribution is 2.29. The number of carbonyl (C=O) groups is 2. The molecular formula is C23H29BrN2O4. The van der Waals surface area contributed by atoms with Gasteiger partial charge in [0.05, 0.1) is 0 Å². The van der Waals surface area contributed by atoms with Crippen LogP contribution in [0.5, 0.6) is 11.5 Å². The Morgan fingerprint density at radius 1 is 1.03 bits per heavy atom. The highest BCUT2D eigenvalue weighted by atomic mass is 79.9. The number of para-hydroxylation sites is 1. The lowest BCUT2D eigenvalue weighted by atomic mass is 9.98. The predicted octanol–water partition coefficient (Wildman–Crippen LogP) is 4.65. The van der Waals surface area contributed by atoms with Crippen LogP contribution in [0.4, 0.5) is 0 Å². The Morgan fingerprint density at radius 2 is 1.77 bits per heavy atom. The number of hydrogen-bond donors (Lipinski definition) is 2. The molecule has 0 fully saturated rings. The number of ether oxygens (including phenoxy) is 2. The predicted molar refractivity (Wildman–Crippen MR) is 121 cm³/mol. The van der Waals surface area contributed by atoms with Gasteiger partial charge in [-0.1, -0.05) is 54.9 Å². The molecule has 6 nitrogen and oxygen atoms in total. The monoisotopic (exact) mass is 476 g/mol. The number of aryl methyl sites for hydroxylation is 1. The topological polar surface area (TPSA) is 76.7 Å². The number of benzene rings is 2. The SMILES string of the molecule is CCC(Oc1ccccc1C(C)CC)C(=O)NNC(=O)COc1ccc(Br)cc1C. The van der Waals surface area contributed by atoms with Gasteiger partial charge in [-0.05, 0) is 61.1 Å². The Morgan fingerprint density at radius 3 is 2.43 bits per heavy atom. The van der Waals surface area contributed by atoms with Gasteiger partial charge in [0, 0.05) is 4.47 Å². The van der Waals surface area contributed by atoms with Crippen molar-refractivity contribution in [1.29, 1.82) is 0 Å². The molecule has 2 N–H and O–H groups in total. The fourth-order valence-corrected chi connectivity index (χ4v) is 3.33. The third-order valence-electron chi connectivity index (χ3n) is 4.82. The minimum Gasteiger partial charge on any atom is -0.483 e. The third-order valence-corrected chi connectivity index (χ3v) is 5.31. The molecule has 0 radical (unpaired) electrons. The minimum atomic E-state index is -0.717. The summed E-state index contributed by atoms with van der Waals surface area (Å²) in [6.07, 6.45) is 0.715. The number of amides is 2. The second-order valence-electron chi connectivity index (χ2n) is 7.10. The summed E-state index contributed by atoms with van der Waals surface area (Å²) in [4.78, 5) is 24.6. The van der Waals surface area contributed by atoms with E-state index >= 15 is 0 Å². The van der Waals surface area contributed by atoms with Crippen LogP contribution < -0.4 is 20.3 Å². The second kappa shape index (κ2) is 11.6. The Labute approximate surface area is 186 Å². The van der Waals surface area contributed by atoms with E-state index in [1.807, 2.05) is 50.2 Å². The van der Waals surface area contributed by atoms with Crippen molar-refractivity contribution in [3.63, 3.8) is 0 Å². The van der Waals surface area contributed by atoms with Gasteiger partial charge in [-0.3, -0.25) is 20.4 Å². The molecule has 7 heteroatoms. The van der Waals surface area contributed by atoms with E-state index in [9.17, 15) is 9.59 Å². The van der Waals surface area contributed by atoms with Crippen LogP contribution in [0.1, 0.15) is 50.7 Å². The van der Waals surface area contributed by atoms with Gasteiger partial charge in [0.2, 0.25) is 0 Å². The van der Waals surface area contributed by atoms with E-state index in [2.05, 4.69) is 40.6 Å². The quantitative estimate of drug-likeness (QED) is 0.516. The molecule has 2 aromatic rings. The zero-order valence-corrected chi connectivity index (χ0v) is 19.4. The first-order valence-corrected chi connectivity index (χ1v) is 10.9. The molecule has 162 valence electrons.